The summed E-state index contributed by atoms with van der Waals surface area (Å²) in [6, 6.07) is 0. The van der Waals surface area contributed by atoms with Gasteiger partial charge >= 0.3 is 6.08 Å². The van der Waals surface area contributed by atoms with Crippen LogP contribution in [-0.4, -0.2) is 18.1 Å². The van der Waals surface area contributed by atoms with Crippen molar-refractivity contribution in [1.82, 2.24) is 10.3 Å². The van der Waals surface area contributed by atoms with Crippen molar-refractivity contribution in [3.63, 3.8) is 0 Å². The molecule has 0 aromatic carbocycles. The Labute approximate surface area is 71.9 Å². The van der Waals surface area contributed by atoms with E-state index in [0.29, 0.717) is 12.6 Å². The molecule has 0 aliphatic rings. The van der Waals surface area contributed by atoms with Gasteiger partial charge in [0, 0.05) is 6.54 Å². The zero-order chi connectivity index (χ0) is 8.97. The average Bonchev–Trinajstić information content (AvgIpc) is 2.36. The summed E-state index contributed by atoms with van der Waals surface area (Å²) in [5, 5.41) is 2.97. The molecule has 0 fully saturated rings. The predicted molar refractivity (Wildman–Crippen MR) is 45.0 cm³/mol. The maximum Gasteiger partial charge on any atom is 0.393 e. The zero-order valence-corrected chi connectivity index (χ0v) is 7.63. The van der Waals surface area contributed by atoms with Gasteiger partial charge in [0.1, 0.15) is 6.26 Å². The van der Waals surface area contributed by atoms with Gasteiger partial charge in [-0.3, -0.25) is 0 Å². The highest BCUT2D eigenvalue weighted by Crippen LogP contribution is 2.11. The zero-order valence-electron chi connectivity index (χ0n) is 7.63. The molecule has 0 bridgehead atoms. The Hall–Kier alpha value is -1.03. The van der Waals surface area contributed by atoms with Gasteiger partial charge in [-0.25, -0.2) is 0 Å². The SMILES string of the molecule is CNCc1coc(OC(C)C)n1. The molecule has 0 spiro atoms. The minimum absolute atomic E-state index is 0.103. The monoisotopic (exact) mass is 170 g/mol. The van der Waals surface area contributed by atoms with E-state index in [9.17, 15) is 0 Å². The van der Waals surface area contributed by atoms with E-state index in [-0.39, 0.29) is 6.10 Å². The molecular formula is C8H14N2O2. The Morgan fingerprint density at radius 3 is 3.00 bits per heavy atom. The molecule has 0 radical (unpaired) electrons. The van der Waals surface area contributed by atoms with Crippen molar-refractivity contribution in [1.29, 1.82) is 0 Å². The van der Waals surface area contributed by atoms with Crippen LogP contribution >= 0.6 is 0 Å². The lowest BCUT2D eigenvalue weighted by atomic mass is 10.5. The lowest BCUT2D eigenvalue weighted by Crippen LogP contribution is -2.07. The molecular weight excluding hydrogens is 156 g/mol. The van der Waals surface area contributed by atoms with Gasteiger partial charge in [0.2, 0.25) is 0 Å². The van der Waals surface area contributed by atoms with E-state index < -0.39 is 0 Å². The van der Waals surface area contributed by atoms with Crippen molar-refractivity contribution in [2.45, 2.75) is 26.5 Å². The van der Waals surface area contributed by atoms with Crippen molar-refractivity contribution in [2.24, 2.45) is 0 Å². The van der Waals surface area contributed by atoms with Crippen molar-refractivity contribution in [3.8, 4) is 6.08 Å². The lowest BCUT2D eigenvalue weighted by molar-refractivity contribution is 0.176. The summed E-state index contributed by atoms with van der Waals surface area (Å²) in [5.41, 5.74) is 0.855. The summed E-state index contributed by atoms with van der Waals surface area (Å²) < 4.78 is 10.3. The minimum Gasteiger partial charge on any atom is -0.447 e. The van der Waals surface area contributed by atoms with Crippen LogP contribution in [0, 0.1) is 0 Å². The van der Waals surface area contributed by atoms with E-state index in [4.69, 9.17) is 9.15 Å². The summed E-state index contributed by atoms with van der Waals surface area (Å²) in [7, 11) is 1.86. The fraction of sp³-hybridized carbons (Fsp3) is 0.625. The number of rotatable bonds is 4. The van der Waals surface area contributed by atoms with Crippen LogP contribution in [0.25, 0.3) is 0 Å². The minimum atomic E-state index is 0.103. The third-order valence-electron chi connectivity index (χ3n) is 1.23. The van der Waals surface area contributed by atoms with E-state index in [1.165, 1.54) is 0 Å². The fourth-order valence-corrected chi connectivity index (χ4v) is 0.806. The molecule has 0 aliphatic carbocycles. The second-order valence-corrected chi connectivity index (χ2v) is 2.80. The maximum absolute atomic E-state index is 5.24. The van der Waals surface area contributed by atoms with Crippen LogP contribution in [0.2, 0.25) is 0 Å². The second kappa shape index (κ2) is 4.11. The Balaban J connectivity index is 2.52. The maximum atomic E-state index is 5.24. The van der Waals surface area contributed by atoms with E-state index in [0.717, 1.165) is 5.69 Å². The van der Waals surface area contributed by atoms with Crippen LogP contribution in [0.3, 0.4) is 0 Å². The Bertz CT molecular complexity index is 233. The Morgan fingerprint density at radius 1 is 1.67 bits per heavy atom. The predicted octanol–water partition coefficient (Wildman–Crippen LogP) is 1.18. The number of ether oxygens (including phenoxy) is 1. The molecule has 0 atom stereocenters. The first-order chi connectivity index (χ1) is 5.72. The standard InChI is InChI=1S/C8H14N2O2/c1-6(2)12-8-10-7(4-9-3)5-11-8/h5-6,9H,4H2,1-3H3. The van der Waals surface area contributed by atoms with Gasteiger partial charge < -0.3 is 14.5 Å². The molecule has 68 valence electrons. The normalized spacial score (nSPS) is 10.7. The number of aromatic nitrogens is 1. The number of nitrogens with one attached hydrogen (secondary N) is 1. The van der Waals surface area contributed by atoms with Gasteiger partial charge in [-0.1, -0.05) is 0 Å². The topological polar surface area (TPSA) is 47.3 Å². The summed E-state index contributed by atoms with van der Waals surface area (Å²) in [6.45, 7) is 4.56. The van der Waals surface area contributed by atoms with Gasteiger partial charge in [0.05, 0.1) is 11.8 Å². The molecule has 1 rings (SSSR count). The van der Waals surface area contributed by atoms with Crippen LogP contribution in [0.5, 0.6) is 6.08 Å². The summed E-state index contributed by atoms with van der Waals surface area (Å²) >= 11 is 0. The van der Waals surface area contributed by atoms with Crippen LogP contribution in [0.1, 0.15) is 19.5 Å². The molecule has 4 nitrogen and oxygen atoms in total. The molecule has 1 heterocycles. The van der Waals surface area contributed by atoms with Crippen molar-refractivity contribution in [3.05, 3.63) is 12.0 Å². The average molecular weight is 170 g/mol. The first kappa shape index (κ1) is 9.06. The second-order valence-electron chi connectivity index (χ2n) is 2.80. The first-order valence-corrected chi connectivity index (χ1v) is 3.98. The van der Waals surface area contributed by atoms with Gasteiger partial charge in [-0.15, -0.1) is 0 Å². The summed E-state index contributed by atoms with van der Waals surface area (Å²) in [4.78, 5) is 4.09. The van der Waals surface area contributed by atoms with E-state index >= 15 is 0 Å². The largest absolute Gasteiger partial charge is 0.447 e. The molecule has 1 aromatic rings. The highest BCUT2D eigenvalue weighted by atomic mass is 16.6. The summed E-state index contributed by atoms with van der Waals surface area (Å²) in [5.74, 6) is 0. The van der Waals surface area contributed by atoms with Crippen LogP contribution in [-0.2, 0) is 6.54 Å². The lowest BCUT2D eigenvalue weighted by Gasteiger charge is -2.02. The highest BCUT2D eigenvalue weighted by molar-refractivity contribution is 4.99. The first-order valence-electron chi connectivity index (χ1n) is 3.98. The Morgan fingerprint density at radius 2 is 2.42 bits per heavy atom. The molecule has 0 aliphatic heterocycles. The van der Waals surface area contributed by atoms with Crippen LogP contribution < -0.4 is 10.1 Å². The van der Waals surface area contributed by atoms with E-state index in [2.05, 4.69) is 10.3 Å². The smallest absolute Gasteiger partial charge is 0.393 e. The van der Waals surface area contributed by atoms with Gasteiger partial charge in [0.15, 0.2) is 0 Å². The molecule has 12 heavy (non-hydrogen) atoms. The molecule has 0 saturated heterocycles. The fourth-order valence-electron chi connectivity index (χ4n) is 0.806. The van der Waals surface area contributed by atoms with E-state index in [1.807, 2.05) is 20.9 Å². The van der Waals surface area contributed by atoms with Crippen molar-refractivity contribution in [2.75, 3.05) is 7.05 Å². The quantitative estimate of drug-likeness (QED) is 0.737. The molecule has 1 aromatic heterocycles. The molecule has 0 amide bonds. The number of nitrogens with zero attached hydrogens (tertiary/aromatic N) is 1. The van der Waals surface area contributed by atoms with E-state index in [1.54, 1.807) is 6.26 Å². The van der Waals surface area contributed by atoms with Crippen molar-refractivity contribution >= 4 is 0 Å². The van der Waals surface area contributed by atoms with Crippen LogP contribution in [0.15, 0.2) is 10.7 Å². The van der Waals surface area contributed by atoms with Gasteiger partial charge in [-0.05, 0) is 20.9 Å². The third kappa shape index (κ3) is 2.54. The molecule has 1 N–H and O–H groups in total. The molecule has 0 unspecified atom stereocenters. The van der Waals surface area contributed by atoms with Crippen molar-refractivity contribution < 1.29 is 9.15 Å². The number of oxazole rings is 1. The van der Waals surface area contributed by atoms with Crippen LogP contribution in [0.4, 0.5) is 0 Å². The number of hydrogen-bond donors (Lipinski definition) is 1. The molecule has 4 heteroatoms. The van der Waals surface area contributed by atoms with Gasteiger partial charge in [-0.2, -0.15) is 4.98 Å². The number of hydrogen-bond acceptors (Lipinski definition) is 4. The Kier molecular flexibility index (Phi) is 3.10. The summed E-state index contributed by atoms with van der Waals surface area (Å²) in [6.07, 6.45) is 2.04. The third-order valence-corrected chi connectivity index (χ3v) is 1.23. The van der Waals surface area contributed by atoms with Gasteiger partial charge in [0.25, 0.3) is 0 Å². The molecule has 0 saturated carbocycles. The highest BCUT2D eigenvalue weighted by Gasteiger charge is 2.05.